The lowest BCUT2D eigenvalue weighted by atomic mass is 10.0. The number of rotatable bonds is 2. The van der Waals surface area contributed by atoms with Crippen LogP contribution in [0.5, 0.6) is 0 Å². The summed E-state index contributed by atoms with van der Waals surface area (Å²) in [6, 6.07) is 5.36. The van der Waals surface area contributed by atoms with E-state index in [1.165, 1.54) is 0 Å². The molecule has 0 aliphatic heterocycles. The molecule has 0 bridgehead atoms. The molecule has 82 valence electrons. The fourth-order valence-corrected chi connectivity index (χ4v) is 2.38. The lowest BCUT2D eigenvalue weighted by Crippen LogP contribution is -2.12. The van der Waals surface area contributed by atoms with Crippen molar-refractivity contribution < 1.29 is 0 Å². The van der Waals surface area contributed by atoms with Gasteiger partial charge in [0.2, 0.25) is 0 Å². The highest BCUT2D eigenvalue weighted by Crippen LogP contribution is 2.31. The molecule has 0 amide bonds. The number of nitrogens with two attached hydrogens (primary N) is 2. The molecule has 0 saturated carbocycles. The number of benzene rings is 1. The predicted octanol–water partition coefficient (Wildman–Crippen LogP) is 3.13. The Morgan fingerprint density at radius 3 is 2.53 bits per heavy atom. The van der Waals surface area contributed by atoms with Gasteiger partial charge in [-0.1, -0.05) is 15.9 Å². The number of hydrogen-bond donors (Lipinski definition) is 2. The second kappa shape index (κ2) is 6.33. The third kappa shape index (κ3) is 3.65. The van der Waals surface area contributed by atoms with Crippen molar-refractivity contribution in [1.29, 1.82) is 5.26 Å². The van der Waals surface area contributed by atoms with Gasteiger partial charge >= 0.3 is 0 Å². The average Bonchev–Trinajstić information content (AvgIpc) is 2.11. The Balaban J connectivity index is 0.00000196. The van der Waals surface area contributed by atoms with Crippen LogP contribution in [-0.4, -0.2) is 0 Å². The Labute approximate surface area is 111 Å². The number of halogens is 3. The first-order chi connectivity index (χ1) is 6.56. The first kappa shape index (κ1) is 14.7. The maximum Gasteiger partial charge on any atom is 0.0641 e. The van der Waals surface area contributed by atoms with Gasteiger partial charge in [0.15, 0.2) is 0 Å². The molecule has 0 aromatic heterocycles. The normalized spacial score (nSPS) is 11.3. The zero-order valence-corrected chi connectivity index (χ0v) is 11.7. The van der Waals surface area contributed by atoms with E-state index in [4.69, 9.17) is 16.7 Å². The van der Waals surface area contributed by atoms with Crippen LogP contribution in [0.25, 0.3) is 0 Å². The van der Waals surface area contributed by atoms with E-state index in [1.807, 2.05) is 18.2 Å². The van der Waals surface area contributed by atoms with Gasteiger partial charge in [0.05, 0.1) is 18.2 Å². The predicted molar refractivity (Wildman–Crippen MR) is 70.7 cm³/mol. The summed E-state index contributed by atoms with van der Waals surface area (Å²) in [5, 5.41) is 8.53. The molecule has 0 heterocycles. The van der Waals surface area contributed by atoms with E-state index in [1.54, 1.807) is 0 Å². The molecule has 4 N–H and O–H groups in total. The van der Waals surface area contributed by atoms with Crippen LogP contribution in [0.3, 0.4) is 0 Å². The molecule has 0 radical (unpaired) electrons. The summed E-state index contributed by atoms with van der Waals surface area (Å²) in [7, 11) is 0. The van der Waals surface area contributed by atoms with Gasteiger partial charge in [-0.15, -0.1) is 12.4 Å². The standard InChI is InChI=1S/C9H9Br2N3.ClH/c10-5-3-6(8(13)1-2-12)9(14)7(11)4-5;/h3-4,8H,1,13-14H2;1H/t8-;/m0./s1. The van der Waals surface area contributed by atoms with Gasteiger partial charge in [0, 0.05) is 15.0 Å². The molecule has 1 aromatic carbocycles. The zero-order valence-electron chi connectivity index (χ0n) is 7.71. The van der Waals surface area contributed by atoms with Gasteiger partial charge in [0.25, 0.3) is 0 Å². The second-order valence-corrected chi connectivity index (χ2v) is 4.63. The van der Waals surface area contributed by atoms with E-state index in [9.17, 15) is 0 Å². The van der Waals surface area contributed by atoms with Gasteiger partial charge in [0.1, 0.15) is 0 Å². The Bertz CT molecular complexity index is 390. The van der Waals surface area contributed by atoms with Crippen LogP contribution >= 0.6 is 44.3 Å². The number of nitrogen functional groups attached to an aromatic ring is 1. The Morgan fingerprint density at radius 1 is 1.40 bits per heavy atom. The lowest BCUT2D eigenvalue weighted by Gasteiger charge is -2.13. The zero-order chi connectivity index (χ0) is 10.7. The smallest absolute Gasteiger partial charge is 0.0641 e. The molecule has 0 aliphatic rings. The first-order valence-electron chi connectivity index (χ1n) is 3.93. The third-order valence-corrected chi connectivity index (χ3v) is 2.95. The summed E-state index contributed by atoms with van der Waals surface area (Å²) in [6.45, 7) is 0. The summed E-state index contributed by atoms with van der Waals surface area (Å²) in [5.74, 6) is 0. The number of anilines is 1. The van der Waals surface area contributed by atoms with Crippen molar-refractivity contribution in [2.24, 2.45) is 5.73 Å². The summed E-state index contributed by atoms with van der Waals surface area (Å²) < 4.78 is 1.68. The van der Waals surface area contributed by atoms with Gasteiger partial charge < -0.3 is 11.5 Å². The van der Waals surface area contributed by atoms with Crippen molar-refractivity contribution in [2.75, 3.05) is 5.73 Å². The van der Waals surface area contributed by atoms with Crippen LogP contribution in [0.4, 0.5) is 5.69 Å². The monoisotopic (exact) mass is 353 g/mol. The largest absolute Gasteiger partial charge is 0.398 e. The van der Waals surface area contributed by atoms with Crippen LogP contribution < -0.4 is 11.5 Å². The van der Waals surface area contributed by atoms with Crippen molar-refractivity contribution in [3.8, 4) is 6.07 Å². The highest BCUT2D eigenvalue weighted by Gasteiger charge is 2.12. The van der Waals surface area contributed by atoms with Gasteiger partial charge in [-0.3, -0.25) is 0 Å². The van der Waals surface area contributed by atoms with Crippen LogP contribution in [0.2, 0.25) is 0 Å². The van der Waals surface area contributed by atoms with Crippen LogP contribution in [0, 0.1) is 11.3 Å². The molecule has 0 unspecified atom stereocenters. The maximum atomic E-state index is 8.53. The summed E-state index contributed by atoms with van der Waals surface area (Å²) in [5.41, 5.74) is 13.0. The Hall–Kier alpha value is -0.280. The fourth-order valence-electron chi connectivity index (χ4n) is 1.12. The SMILES string of the molecule is Cl.N#CC[C@H](N)c1cc(Br)cc(Br)c1N. The summed E-state index contributed by atoms with van der Waals surface area (Å²) in [4.78, 5) is 0. The molecule has 0 saturated heterocycles. The molecule has 0 fully saturated rings. The van der Waals surface area contributed by atoms with E-state index in [0.717, 1.165) is 14.5 Å². The van der Waals surface area contributed by atoms with Crippen LogP contribution in [-0.2, 0) is 0 Å². The van der Waals surface area contributed by atoms with E-state index in [0.29, 0.717) is 5.69 Å². The minimum atomic E-state index is -0.339. The van der Waals surface area contributed by atoms with E-state index in [2.05, 4.69) is 31.9 Å². The van der Waals surface area contributed by atoms with Gasteiger partial charge in [-0.05, 0) is 33.6 Å². The minimum absolute atomic E-state index is 0. The van der Waals surface area contributed by atoms with Crippen LogP contribution in [0.15, 0.2) is 21.1 Å². The number of nitrogens with zero attached hydrogens (tertiary/aromatic N) is 1. The van der Waals surface area contributed by atoms with Crippen molar-refractivity contribution in [1.82, 2.24) is 0 Å². The lowest BCUT2D eigenvalue weighted by molar-refractivity contribution is 0.750. The molecular weight excluding hydrogens is 345 g/mol. The van der Waals surface area contributed by atoms with Crippen molar-refractivity contribution >= 4 is 50.0 Å². The van der Waals surface area contributed by atoms with E-state index >= 15 is 0 Å². The van der Waals surface area contributed by atoms with E-state index < -0.39 is 0 Å². The molecule has 0 aliphatic carbocycles. The maximum absolute atomic E-state index is 8.53. The molecule has 6 heteroatoms. The average molecular weight is 355 g/mol. The quantitative estimate of drug-likeness (QED) is 0.800. The molecule has 1 atom stereocenters. The number of nitriles is 1. The molecule has 1 rings (SSSR count). The topological polar surface area (TPSA) is 75.8 Å². The van der Waals surface area contributed by atoms with Crippen molar-refractivity contribution in [3.63, 3.8) is 0 Å². The minimum Gasteiger partial charge on any atom is -0.398 e. The van der Waals surface area contributed by atoms with Crippen LogP contribution in [0.1, 0.15) is 18.0 Å². The molecule has 15 heavy (non-hydrogen) atoms. The molecule has 0 spiro atoms. The molecule has 3 nitrogen and oxygen atoms in total. The summed E-state index contributed by atoms with van der Waals surface area (Å²) in [6.07, 6.45) is 0.257. The summed E-state index contributed by atoms with van der Waals surface area (Å²) >= 11 is 6.67. The van der Waals surface area contributed by atoms with E-state index in [-0.39, 0.29) is 24.9 Å². The first-order valence-corrected chi connectivity index (χ1v) is 5.51. The van der Waals surface area contributed by atoms with Crippen molar-refractivity contribution in [3.05, 3.63) is 26.6 Å². The van der Waals surface area contributed by atoms with Gasteiger partial charge in [-0.2, -0.15) is 5.26 Å². The van der Waals surface area contributed by atoms with Crippen molar-refractivity contribution in [2.45, 2.75) is 12.5 Å². The molecule has 1 aromatic rings. The second-order valence-electron chi connectivity index (χ2n) is 2.86. The highest BCUT2D eigenvalue weighted by atomic mass is 79.9. The Kier molecular flexibility index (Phi) is 6.22. The third-order valence-electron chi connectivity index (χ3n) is 1.84. The van der Waals surface area contributed by atoms with Gasteiger partial charge in [-0.25, -0.2) is 0 Å². The number of hydrogen-bond acceptors (Lipinski definition) is 3. The molecular formula is C9H10Br2ClN3. The Morgan fingerprint density at radius 2 is 2.00 bits per heavy atom. The highest BCUT2D eigenvalue weighted by molar-refractivity contribution is 9.11. The fraction of sp³-hybridized carbons (Fsp3) is 0.222.